The lowest BCUT2D eigenvalue weighted by atomic mass is 9.87. The molecular weight excluding hydrogens is 227 g/mol. The molecule has 0 aliphatic heterocycles. The summed E-state index contributed by atoms with van der Waals surface area (Å²) in [4.78, 5) is 10.9. The average molecular weight is 241 g/mol. The zero-order valence-corrected chi connectivity index (χ0v) is 10.0. The highest BCUT2D eigenvalue weighted by molar-refractivity contribution is 5.75. The fourth-order valence-corrected chi connectivity index (χ4v) is 1.61. The third-order valence-electron chi connectivity index (χ3n) is 2.71. The van der Waals surface area contributed by atoms with Gasteiger partial charge >= 0.3 is 5.97 Å². The second-order valence-corrected chi connectivity index (χ2v) is 4.05. The number of carboxylic acids is 1. The van der Waals surface area contributed by atoms with E-state index in [1.54, 1.807) is 25.1 Å². The molecule has 0 aromatic heterocycles. The van der Waals surface area contributed by atoms with E-state index in [1.165, 1.54) is 0 Å². The van der Waals surface area contributed by atoms with Gasteiger partial charge in [0.05, 0.1) is 5.92 Å². The summed E-state index contributed by atoms with van der Waals surface area (Å²) >= 11 is 0. The summed E-state index contributed by atoms with van der Waals surface area (Å²) < 4.78 is 5.66. The zero-order chi connectivity index (χ0) is 13.0. The van der Waals surface area contributed by atoms with Gasteiger partial charge in [0.15, 0.2) is 0 Å². The van der Waals surface area contributed by atoms with Gasteiger partial charge in [-0.2, -0.15) is 0 Å². The Labute approximate surface area is 106 Å². The number of ether oxygens (including phenoxy) is 1. The summed E-state index contributed by atoms with van der Waals surface area (Å²) in [6.07, 6.45) is 0. The Morgan fingerprint density at radius 2 is 1.72 bits per heavy atom. The molecule has 0 amide bonds. The van der Waals surface area contributed by atoms with Crippen LogP contribution in [0.25, 0.3) is 0 Å². The largest absolute Gasteiger partial charge is 0.481 e. The Morgan fingerprint density at radius 1 is 1.06 bits per heavy atom. The first kappa shape index (κ1) is 12.2. The first-order valence-corrected chi connectivity index (χ1v) is 5.72. The first-order valence-electron chi connectivity index (χ1n) is 5.72. The monoisotopic (exact) mass is 241 g/mol. The average Bonchev–Trinajstić information content (AvgIpc) is 2.39. The van der Waals surface area contributed by atoms with Crippen LogP contribution in [0, 0.1) is 0 Å². The number of para-hydroxylation sites is 1. The maximum absolute atomic E-state index is 10.9. The molecule has 3 heteroatoms. The van der Waals surface area contributed by atoms with Crippen molar-refractivity contribution in [1.29, 1.82) is 0 Å². The van der Waals surface area contributed by atoms with E-state index in [0.717, 1.165) is 11.3 Å². The topological polar surface area (TPSA) is 46.5 Å². The van der Waals surface area contributed by atoms with Crippen molar-refractivity contribution in [3.63, 3.8) is 0 Å². The molecule has 1 atom stereocenters. The quantitative estimate of drug-likeness (QED) is 0.888. The molecule has 0 aliphatic carbocycles. The molecule has 0 bridgehead atoms. The number of hydrogen-bond donors (Lipinski definition) is 1. The SMILES string of the molecule is [11CH3]C(C(=O)O)c1cccc(Oc2ccccc2)c1. The van der Waals surface area contributed by atoms with Crippen molar-refractivity contribution < 1.29 is 14.6 Å². The lowest BCUT2D eigenvalue weighted by Crippen LogP contribution is -2.07. The number of hydrogen-bond acceptors (Lipinski definition) is 2. The van der Waals surface area contributed by atoms with Crippen molar-refractivity contribution in [2.45, 2.75) is 12.8 Å². The minimum atomic E-state index is -0.841. The van der Waals surface area contributed by atoms with Crippen LogP contribution in [0.3, 0.4) is 0 Å². The first-order chi connectivity index (χ1) is 8.66. The van der Waals surface area contributed by atoms with E-state index >= 15 is 0 Å². The molecule has 0 aliphatic rings. The van der Waals surface area contributed by atoms with E-state index < -0.39 is 11.9 Å². The minimum absolute atomic E-state index is 0.538. The molecule has 92 valence electrons. The number of aliphatic carboxylic acids is 1. The van der Waals surface area contributed by atoms with Gasteiger partial charge in [0.25, 0.3) is 0 Å². The van der Waals surface area contributed by atoms with Crippen LogP contribution in [0.15, 0.2) is 54.6 Å². The number of rotatable bonds is 4. The Balaban J connectivity index is 2.20. The van der Waals surface area contributed by atoms with Crippen LogP contribution in [0.1, 0.15) is 18.4 Å². The van der Waals surface area contributed by atoms with Gasteiger partial charge in [-0.25, -0.2) is 0 Å². The third kappa shape index (κ3) is 2.88. The maximum Gasteiger partial charge on any atom is 0.310 e. The molecule has 0 saturated heterocycles. The van der Waals surface area contributed by atoms with Crippen molar-refractivity contribution in [2.24, 2.45) is 0 Å². The highest BCUT2D eigenvalue weighted by Gasteiger charge is 2.13. The van der Waals surface area contributed by atoms with Crippen LogP contribution in [0.2, 0.25) is 0 Å². The lowest BCUT2D eigenvalue weighted by Gasteiger charge is -2.10. The highest BCUT2D eigenvalue weighted by Crippen LogP contribution is 2.25. The molecule has 2 rings (SSSR count). The smallest absolute Gasteiger partial charge is 0.310 e. The molecule has 0 fully saturated rings. The van der Waals surface area contributed by atoms with Crippen molar-refractivity contribution in [1.82, 2.24) is 0 Å². The summed E-state index contributed by atoms with van der Waals surface area (Å²) in [5.74, 6) is 0.000567. The van der Waals surface area contributed by atoms with Crippen LogP contribution >= 0.6 is 0 Å². The summed E-state index contributed by atoms with van der Waals surface area (Å²) in [6.45, 7) is 1.66. The fraction of sp³-hybridized carbons (Fsp3) is 0.133. The summed E-state index contributed by atoms with van der Waals surface area (Å²) in [6, 6.07) is 16.6. The molecule has 18 heavy (non-hydrogen) atoms. The lowest BCUT2D eigenvalue weighted by molar-refractivity contribution is -0.138. The van der Waals surface area contributed by atoms with Crippen LogP contribution in [0.4, 0.5) is 0 Å². The molecule has 1 N–H and O–H groups in total. The van der Waals surface area contributed by atoms with Crippen LogP contribution in [0.5, 0.6) is 11.5 Å². The standard InChI is InChI=1S/C15H14O3/c1-11(15(16)17)12-6-5-9-14(10-12)18-13-7-3-2-4-8-13/h2-11H,1H3,(H,16,17)/i1-1. The number of carbonyl (C=O) groups is 1. The molecule has 1 unspecified atom stereocenters. The van der Waals surface area contributed by atoms with E-state index in [1.807, 2.05) is 36.4 Å². The van der Waals surface area contributed by atoms with Gasteiger partial charge in [0.2, 0.25) is 0 Å². The number of carboxylic acid groups (broad SMARTS) is 1. The molecule has 0 heterocycles. The second-order valence-electron chi connectivity index (χ2n) is 4.05. The Kier molecular flexibility index (Phi) is 3.63. The van der Waals surface area contributed by atoms with Gasteiger partial charge in [-0.15, -0.1) is 0 Å². The van der Waals surface area contributed by atoms with E-state index in [9.17, 15) is 4.79 Å². The fourth-order valence-electron chi connectivity index (χ4n) is 1.61. The van der Waals surface area contributed by atoms with Crippen LogP contribution in [-0.4, -0.2) is 11.1 Å². The molecule has 0 spiro atoms. The van der Waals surface area contributed by atoms with Gasteiger partial charge in [0.1, 0.15) is 11.5 Å². The Bertz CT molecular complexity index is 534. The zero-order valence-electron chi connectivity index (χ0n) is 10.0. The molecule has 2 aromatic carbocycles. The summed E-state index contributed by atoms with van der Waals surface area (Å²) in [7, 11) is 0. The van der Waals surface area contributed by atoms with Crippen molar-refractivity contribution in [3.8, 4) is 11.5 Å². The van der Waals surface area contributed by atoms with E-state index in [2.05, 4.69) is 0 Å². The maximum atomic E-state index is 10.9. The third-order valence-corrected chi connectivity index (χ3v) is 2.71. The van der Waals surface area contributed by atoms with Gasteiger partial charge < -0.3 is 9.84 Å². The summed E-state index contributed by atoms with van der Waals surface area (Å²) in [5.41, 5.74) is 0.732. The predicted molar refractivity (Wildman–Crippen MR) is 69.0 cm³/mol. The summed E-state index contributed by atoms with van der Waals surface area (Å²) in [5, 5.41) is 8.98. The Morgan fingerprint density at radius 3 is 2.39 bits per heavy atom. The molecule has 0 saturated carbocycles. The molecule has 3 nitrogen and oxygen atoms in total. The minimum Gasteiger partial charge on any atom is -0.481 e. The molecule has 2 aromatic rings. The van der Waals surface area contributed by atoms with Gasteiger partial charge in [0, 0.05) is 0 Å². The van der Waals surface area contributed by atoms with E-state index in [0.29, 0.717) is 5.75 Å². The van der Waals surface area contributed by atoms with E-state index in [4.69, 9.17) is 9.84 Å². The second kappa shape index (κ2) is 5.36. The molecular formula is C15H14O3. The van der Waals surface area contributed by atoms with Crippen molar-refractivity contribution in [2.75, 3.05) is 0 Å². The Hall–Kier alpha value is -2.29. The van der Waals surface area contributed by atoms with E-state index in [-0.39, 0.29) is 0 Å². The highest BCUT2D eigenvalue weighted by atomic mass is 16.5. The van der Waals surface area contributed by atoms with Crippen LogP contribution < -0.4 is 4.74 Å². The van der Waals surface area contributed by atoms with Gasteiger partial charge in [-0.1, -0.05) is 30.3 Å². The number of benzene rings is 2. The predicted octanol–water partition coefficient (Wildman–Crippen LogP) is 3.67. The van der Waals surface area contributed by atoms with Crippen molar-refractivity contribution in [3.05, 3.63) is 60.2 Å². The van der Waals surface area contributed by atoms with Gasteiger partial charge in [-0.05, 0) is 36.8 Å². The van der Waals surface area contributed by atoms with Crippen LogP contribution in [-0.2, 0) is 4.79 Å². The van der Waals surface area contributed by atoms with Gasteiger partial charge in [-0.3, -0.25) is 4.79 Å². The molecule has 0 radical (unpaired) electrons. The normalized spacial score (nSPS) is 11.8. The van der Waals surface area contributed by atoms with Crippen molar-refractivity contribution >= 4 is 5.97 Å².